The quantitative estimate of drug-likeness (QED) is 0.329. The Labute approximate surface area is 210 Å². The van der Waals surface area contributed by atoms with Crippen LogP contribution in [0.25, 0.3) is 28.0 Å². The molecule has 0 spiro atoms. The lowest BCUT2D eigenvalue weighted by Gasteiger charge is -2.07. The molecular weight excluding hydrogens is 476 g/mol. The molecule has 10 heteroatoms. The molecule has 0 atom stereocenters. The zero-order chi connectivity index (χ0) is 25.4. The van der Waals surface area contributed by atoms with Crippen molar-refractivity contribution in [3.63, 3.8) is 0 Å². The fraction of sp³-hybridized carbons (Fsp3) is 0.222. The molecule has 2 N–H and O–H groups in total. The maximum atomic E-state index is 15.0. The summed E-state index contributed by atoms with van der Waals surface area (Å²) < 4.78 is 29.7. The maximum absolute atomic E-state index is 15.0. The van der Waals surface area contributed by atoms with Crippen molar-refractivity contribution in [2.75, 3.05) is 5.32 Å². The molecule has 3 aromatic heterocycles. The second-order valence-electron chi connectivity index (χ2n) is 9.21. The highest BCUT2D eigenvalue weighted by molar-refractivity contribution is 5.97. The Morgan fingerprint density at radius 2 is 1.89 bits per heavy atom. The molecule has 2 aromatic carbocycles. The van der Waals surface area contributed by atoms with Gasteiger partial charge in [0, 0.05) is 23.2 Å². The van der Waals surface area contributed by atoms with Crippen molar-refractivity contribution in [1.29, 1.82) is 0 Å². The molecule has 3 heterocycles. The monoisotopic (exact) mass is 499 g/mol. The van der Waals surface area contributed by atoms with Gasteiger partial charge in [0.25, 0.3) is 0 Å². The van der Waals surface area contributed by atoms with Gasteiger partial charge in [-0.05, 0) is 48.7 Å². The molecule has 1 amide bonds. The molecule has 0 bridgehead atoms. The van der Waals surface area contributed by atoms with E-state index in [-0.39, 0.29) is 18.1 Å². The maximum Gasteiger partial charge on any atom is 0.230 e. The van der Waals surface area contributed by atoms with Gasteiger partial charge in [-0.2, -0.15) is 5.10 Å². The zero-order valence-electron chi connectivity index (χ0n) is 19.8. The lowest BCUT2D eigenvalue weighted by Crippen LogP contribution is -2.16. The van der Waals surface area contributed by atoms with E-state index in [1.54, 1.807) is 41.3 Å². The average molecular weight is 500 g/mol. The van der Waals surface area contributed by atoms with Crippen LogP contribution < -0.4 is 5.32 Å². The van der Waals surface area contributed by atoms with Gasteiger partial charge in [-0.1, -0.05) is 25.0 Å². The number of hydrogen-bond acceptors (Lipinski definition) is 5. The summed E-state index contributed by atoms with van der Waals surface area (Å²) in [5.41, 5.74) is 3.21. The summed E-state index contributed by atoms with van der Waals surface area (Å²) in [4.78, 5) is 29.1. The number of fused-ring (bicyclic) bond motifs is 1. The molecule has 1 saturated carbocycles. The number of aromatic amines is 1. The van der Waals surface area contributed by atoms with Crippen molar-refractivity contribution in [1.82, 2.24) is 29.7 Å². The molecule has 0 aliphatic heterocycles. The third-order valence-corrected chi connectivity index (χ3v) is 6.69. The number of carbonyl (C=O) groups excluding carboxylic acids is 1. The highest BCUT2D eigenvalue weighted by atomic mass is 19.1. The number of benzene rings is 2. The molecule has 6 rings (SSSR count). The second kappa shape index (κ2) is 9.53. The summed E-state index contributed by atoms with van der Waals surface area (Å²) in [6.07, 6.45) is 9.10. The molecule has 5 aromatic rings. The summed E-state index contributed by atoms with van der Waals surface area (Å²) in [7, 11) is 0. The molecule has 0 saturated heterocycles. The first kappa shape index (κ1) is 23.0. The third-order valence-electron chi connectivity index (χ3n) is 6.69. The van der Waals surface area contributed by atoms with Crippen LogP contribution in [0.15, 0.2) is 61.2 Å². The second-order valence-corrected chi connectivity index (χ2v) is 9.21. The van der Waals surface area contributed by atoms with Crippen LogP contribution in [0.3, 0.4) is 0 Å². The standard InChI is InChI=1S/C27H23F2N7O/c28-19-6-8-20(9-7-19)36-14-18(13-32-36)21-10-5-16(11-22(21)29)12-23(37)33-26-24-27(31-15-30-26)35-25(34-24)17-3-1-2-4-17/h5-11,13-15,17H,1-4,12H2,(H2,30,31,33,34,35,37). The third kappa shape index (κ3) is 4.69. The summed E-state index contributed by atoms with van der Waals surface area (Å²) in [6, 6.07) is 10.5. The van der Waals surface area contributed by atoms with Gasteiger partial charge < -0.3 is 10.3 Å². The van der Waals surface area contributed by atoms with Gasteiger partial charge in [-0.15, -0.1) is 0 Å². The van der Waals surface area contributed by atoms with Crippen molar-refractivity contribution >= 4 is 22.9 Å². The molecule has 1 fully saturated rings. The predicted octanol–water partition coefficient (Wildman–Crippen LogP) is 5.32. The number of nitrogens with one attached hydrogen (secondary N) is 2. The number of nitrogens with zero attached hydrogens (tertiary/aromatic N) is 5. The van der Waals surface area contributed by atoms with E-state index in [0.717, 1.165) is 18.7 Å². The SMILES string of the molecule is O=C(Cc1ccc(-c2cnn(-c3ccc(F)cc3)c2)c(F)c1)Nc1ncnc2nc(C3CCCC3)[nH]c12. The summed E-state index contributed by atoms with van der Waals surface area (Å²) >= 11 is 0. The van der Waals surface area contributed by atoms with E-state index >= 15 is 0 Å². The van der Waals surface area contributed by atoms with Crippen LogP contribution in [0, 0.1) is 11.6 Å². The largest absolute Gasteiger partial charge is 0.337 e. The van der Waals surface area contributed by atoms with E-state index in [1.165, 1.54) is 37.4 Å². The number of halogens is 2. The van der Waals surface area contributed by atoms with E-state index in [0.29, 0.717) is 45.3 Å². The lowest BCUT2D eigenvalue weighted by molar-refractivity contribution is -0.115. The first-order valence-corrected chi connectivity index (χ1v) is 12.1. The van der Waals surface area contributed by atoms with Gasteiger partial charge >= 0.3 is 0 Å². The van der Waals surface area contributed by atoms with E-state index in [9.17, 15) is 13.6 Å². The smallest absolute Gasteiger partial charge is 0.230 e. The molecule has 1 aliphatic carbocycles. The average Bonchev–Trinajstić information content (AvgIpc) is 3.65. The number of carbonyl (C=O) groups is 1. The number of rotatable bonds is 6. The topological polar surface area (TPSA) is 101 Å². The molecule has 8 nitrogen and oxygen atoms in total. The van der Waals surface area contributed by atoms with Crippen LogP contribution in [0.2, 0.25) is 0 Å². The fourth-order valence-corrected chi connectivity index (χ4v) is 4.79. The minimum absolute atomic E-state index is 0.0266. The van der Waals surface area contributed by atoms with Crippen LogP contribution >= 0.6 is 0 Å². The Morgan fingerprint density at radius 3 is 2.68 bits per heavy atom. The van der Waals surface area contributed by atoms with Crippen LogP contribution in [0.4, 0.5) is 14.6 Å². The van der Waals surface area contributed by atoms with Gasteiger partial charge in [0.1, 0.15) is 29.3 Å². The van der Waals surface area contributed by atoms with E-state index in [1.807, 2.05) is 0 Å². The van der Waals surface area contributed by atoms with Gasteiger partial charge in [-0.3, -0.25) is 4.79 Å². The van der Waals surface area contributed by atoms with Crippen LogP contribution in [-0.4, -0.2) is 35.6 Å². The predicted molar refractivity (Wildman–Crippen MR) is 134 cm³/mol. The Balaban J connectivity index is 1.16. The highest BCUT2D eigenvalue weighted by Crippen LogP contribution is 2.33. The van der Waals surface area contributed by atoms with Gasteiger partial charge in [0.2, 0.25) is 5.91 Å². The molecule has 1 aliphatic rings. The molecule has 0 radical (unpaired) electrons. The van der Waals surface area contributed by atoms with Crippen LogP contribution in [-0.2, 0) is 11.2 Å². The normalized spacial score (nSPS) is 13.9. The number of amides is 1. The lowest BCUT2D eigenvalue weighted by atomic mass is 10.0. The summed E-state index contributed by atoms with van der Waals surface area (Å²) in [6.45, 7) is 0. The Hall–Kier alpha value is -4.47. The number of aromatic nitrogens is 6. The van der Waals surface area contributed by atoms with E-state index in [2.05, 4.69) is 30.4 Å². The van der Waals surface area contributed by atoms with Crippen molar-refractivity contribution < 1.29 is 13.6 Å². The van der Waals surface area contributed by atoms with Crippen molar-refractivity contribution in [3.8, 4) is 16.8 Å². The summed E-state index contributed by atoms with van der Waals surface area (Å²) in [5.74, 6) is 0.476. The number of H-pyrrole nitrogens is 1. The number of anilines is 1. The Kier molecular flexibility index (Phi) is 5.91. The summed E-state index contributed by atoms with van der Waals surface area (Å²) in [5, 5.41) is 7.05. The van der Waals surface area contributed by atoms with Crippen LogP contribution in [0.5, 0.6) is 0 Å². The molecular formula is C27H23F2N7O. The Bertz CT molecular complexity index is 1590. The van der Waals surface area contributed by atoms with Crippen molar-refractivity contribution in [3.05, 3.63) is 84.2 Å². The first-order valence-electron chi connectivity index (χ1n) is 12.1. The molecule has 0 unspecified atom stereocenters. The molecule has 37 heavy (non-hydrogen) atoms. The first-order chi connectivity index (χ1) is 18.0. The van der Waals surface area contributed by atoms with Gasteiger partial charge in [0.05, 0.1) is 18.3 Å². The van der Waals surface area contributed by atoms with E-state index < -0.39 is 5.82 Å². The van der Waals surface area contributed by atoms with Gasteiger partial charge in [-0.25, -0.2) is 28.4 Å². The van der Waals surface area contributed by atoms with Gasteiger partial charge in [0.15, 0.2) is 11.5 Å². The highest BCUT2D eigenvalue weighted by Gasteiger charge is 2.22. The minimum atomic E-state index is -0.469. The minimum Gasteiger partial charge on any atom is -0.337 e. The van der Waals surface area contributed by atoms with Crippen molar-refractivity contribution in [2.45, 2.75) is 38.0 Å². The number of hydrogen-bond donors (Lipinski definition) is 2. The number of imidazole rings is 1. The van der Waals surface area contributed by atoms with Crippen molar-refractivity contribution in [2.24, 2.45) is 0 Å². The Morgan fingerprint density at radius 1 is 1.08 bits per heavy atom. The fourth-order valence-electron chi connectivity index (χ4n) is 4.79. The van der Waals surface area contributed by atoms with E-state index in [4.69, 9.17) is 0 Å². The zero-order valence-corrected chi connectivity index (χ0v) is 19.8. The molecule has 186 valence electrons. The van der Waals surface area contributed by atoms with Crippen LogP contribution in [0.1, 0.15) is 43.0 Å².